The molecular formula is C13H18N2O6. The van der Waals surface area contributed by atoms with Crippen LogP contribution in [0.3, 0.4) is 0 Å². The number of non-ortho nitro benzene ring substituents is 1. The Labute approximate surface area is 121 Å². The van der Waals surface area contributed by atoms with Gasteiger partial charge in [0.25, 0.3) is 5.69 Å². The summed E-state index contributed by atoms with van der Waals surface area (Å²) >= 11 is 0. The highest BCUT2D eigenvalue weighted by Crippen LogP contribution is 2.18. The molecule has 0 aliphatic heterocycles. The molecule has 0 spiro atoms. The zero-order valence-electron chi connectivity index (χ0n) is 11.7. The summed E-state index contributed by atoms with van der Waals surface area (Å²) in [6, 6.07) is 5.78. The SMILES string of the molecule is CC(=O)OCC[N+]([O-])(CCO)Cc1cccc([N+](=O)[O-])c1. The highest BCUT2D eigenvalue weighted by atomic mass is 16.6. The Bertz CT molecular complexity index is 507. The van der Waals surface area contributed by atoms with E-state index in [-0.39, 0.29) is 38.5 Å². The molecule has 1 rings (SSSR count). The van der Waals surface area contributed by atoms with Crippen LogP contribution in [0.1, 0.15) is 12.5 Å². The summed E-state index contributed by atoms with van der Waals surface area (Å²) in [4.78, 5) is 20.9. The van der Waals surface area contributed by atoms with E-state index in [0.717, 1.165) is 0 Å². The second-order valence-corrected chi connectivity index (χ2v) is 4.65. The number of hydrogen-bond donors (Lipinski definition) is 1. The van der Waals surface area contributed by atoms with Gasteiger partial charge in [-0.25, -0.2) is 0 Å². The van der Waals surface area contributed by atoms with E-state index >= 15 is 0 Å². The molecule has 0 bridgehead atoms. The van der Waals surface area contributed by atoms with Gasteiger partial charge >= 0.3 is 5.97 Å². The van der Waals surface area contributed by atoms with Gasteiger partial charge in [-0.1, -0.05) is 12.1 Å². The third-order valence-electron chi connectivity index (χ3n) is 2.90. The first-order valence-corrected chi connectivity index (χ1v) is 6.41. The largest absolute Gasteiger partial charge is 0.632 e. The number of carbonyl (C=O) groups is 1. The molecule has 1 N–H and O–H groups in total. The number of ether oxygens (including phenoxy) is 1. The number of benzene rings is 1. The first kappa shape index (κ1) is 17.0. The van der Waals surface area contributed by atoms with E-state index in [4.69, 9.17) is 9.84 Å². The maximum Gasteiger partial charge on any atom is 0.302 e. The average molecular weight is 298 g/mol. The maximum atomic E-state index is 12.6. The molecule has 0 saturated heterocycles. The Hall–Kier alpha value is -2.03. The van der Waals surface area contributed by atoms with Crippen molar-refractivity contribution < 1.29 is 24.2 Å². The summed E-state index contributed by atoms with van der Waals surface area (Å²) in [5, 5.41) is 32.3. The molecule has 8 nitrogen and oxygen atoms in total. The van der Waals surface area contributed by atoms with Crippen molar-refractivity contribution in [3.8, 4) is 0 Å². The lowest BCUT2D eigenvalue weighted by Crippen LogP contribution is -2.46. The zero-order chi connectivity index (χ0) is 15.9. The van der Waals surface area contributed by atoms with Crippen molar-refractivity contribution >= 4 is 11.7 Å². The highest BCUT2D eigenvalue weighted by Gasteiger charge is 2.19. The quantitative estimate of drug-likeness (QED) is 0.331. The molecule has 1 aromatic rings. The molecule has 1 unspecified atom stereocenters. The lowest BCUT2D eigenvalue weighted by molar-refractivity contribution is -0.894. The molecule has 0 fully saturated rings. The topological polar surface area (TPSA) is 113 Å². The van der Waals surface area contributed by atoms with Crippen LogP contribution in [0, 0.1) is 15.3 Å². The van der Waals surface area contributed by atoms with Crippen molar-refractivity contribution in [2.75, 3.05) is 26.3 Å². The third kappa shape index (κ3) is 5.86. The Kier molecular flexibility index (Phi) is 6.22. The Morgan fingerprint density at radius 1 is 1.43 bits per heavy atom. The van der Waals surface area contributed by atoms with Crippen molar-refractivity contribution in [2.45, 2.75) is 13.5 Å². The van der Waals surface area contributed by atoms with E-state index in [9.17, 15) is 20.1 Å². The number of aliphatic hydroxyl groups is 1. The summed E-state index contributed by atoms with van der Waals surface area (Å²) in [7, 11) is 0. The average Bonchev–Trinajstić information content (AvgIpc) is 2.38. The molecule has 8 heteroatoms. The van der Waals surface area contributed by atoms with Crippen LogP contribution in [0.15, 0.2) is 24.3 Å². The van der Waals surface area contributed by atoms with Crippen LogP contribution in [0.2, 0.25) is 0 Å². The van der Waals surface area contributed by atoms with Crippen LogP contribution in [-0.4, -0.2) is 46.9 Å². The van der Waals surface area contributed by atoms with E-state index in [1.165, 1.54) is 25.1 Å². The van der Waals surface area contributed by atoms with Crippen LogP contribution in [0.25, 0.3) is 0 Å². The van der Waals surface area contributed by atoms with Gasteiger partial charge in [-0.2, -0.15) is 0 Å². The van der Waals surface area contributed by atoms with Gasteiger partial charge in [-0.05, 0) is 0 Å². The van der Waals surface area contributed by atoms with Crippen LogP contribution in [0.5, 0.6) is 0 Å². The van der Waals surface area contributed by atoms with Crippen molar-refractivity contribution in [2.24, 2.45) is 0 Å². The van der Waals surface area contributed by atoms with Gasteiger partial charge in [0.2, 0.25) is 0 Å². The first-order valence-electron chi connectivity index (χ1n) is 6.41. The monoisotopic (exact) mass is 298 g/mol. The molecule has 21 heavy (non-hydrogen) atoms. The minimum Gasteiger partial charge on any atom is -0.632 e. The number of aliphatic hydroxyl groups excluding tert-OH is 1. The van der Waals surface area contributed by atoms with Gasteiger partial charge in [0, 0.05) is 24.6 Å². The normalized spacial score (nSPS) is 13.5. The molecule has 0 aliphatic rings. The minimum absolute atomic E-state index is 0.0250. The molecule has 0 amide bonds. The molecule has 1 aromatic carbocycles. The molecule has 0 heterocycles. The first-order chi connectivity index (χ1) is 9.86. The molecule has 0 radical (unpaired) electrons. The summed E-state index contributed by atoms with van der Waals surface area (Å²) in [5.41, 5.74) is 0.401. The molecular weight excluding hydrogens is 280 g/mol. The number of esters is 1. The van der Waals surface area contributed by atoms with Crippen LogP contribution in [-0.2, 0) is 16.1 Å². The van der Waals surface area contributed by atoms with Gasteiger partial charge in [0.05, 0.1) is 11.5 Å². The summed E-state index contributed by atoms with van der Waals surface area (Å²) in [6.07, 6.45) is 0. The fourth-order valence-electron chi connectivity index (χ4n) is 1.91. The van der Waals surface area contributed by atoms with E-state index in [2.05, 4.69) is 0 Å². The number of quaternary nitrogens is 1. The fraction of sp³-hybridized carbons (Fsp3) is 0.462. The van der Waals surface area contributed by atoms with E-state index in [0.29, 0.717) is 5.56 Å². The standard InChI is InChI=1S/C13H18N2O6/c1-11(17)21-8-6-15(20,5-7-16)10-12-3-2-4-13(9-12)14(18)19/h2-4,9,16H,5-8,10H2,1H3. The lowest BCUT2D eigenvalue weighted by atomic mass is 10.2. The number of carbonyl (C=O) groups excluding carboxylic acids is 1. The molecule has 116 valence electrons. The maximum absolute atomic E-state index is 12.6. The van der Waals surface area contributed by atoms with Crippen LogP contribution in [0.4, 0.5) is 5.69 Å². The van der Waals surface area contributed by atoms with E-state index in [1.54, 1.807) is 6.07 Å². The Balaban J connectivity index is 2.78. The number of rotatable bonds is 8. The number of nitrogens with zero attached hydrogens (tertiary/aromatic N) is 2. The van der Waals surface area contributed by atoms with E-state index < -0.39 is 15.5 Å². The fourth-order valence-corrected chi connectivity index (χ4v) is 1.91. The molecule has 0 aliphatic carbocycles. The predicted octanol–water partition coefficient (Wildman–Crippen LogP) is 0.965. The van der Waals surface area contributed by atoms with E-state index in [1.807, 2.05) is 0 Å². The zero-order valence-corrected chi connectivity index (χ0v) is 11.7. The van der Waals surface area contributed by atoms with Gasteiger partial charge in [-0.3, -0.25) is 14.9 Å². The van der Waals surface area contributed by atoms with Gasteiger partial charge in [0.1, 0.15) is 26.2 Å². The van der Waals surface area contributed by atoms with Crippen molar-refractivity contribution in [1.29, 1.82) is 0 Å². The third-order valence-corrected chi connectivity index (χ3v) is 2.90. The minimum atomic E-state index is -0.815. The number of hydroxylamine groups is 3. The van der Waals surface area contributed by atoms with Crippen molar-refractivity contribution in [3.05, 3.63) is 45.2 Å². The van der Waals surface area contributed by atoms with Crippen LogP contribution < -0.4 is 0 Å². The number of hydrogen-bond acceptors (Lipinski definition) is 6. The van der Waals surface area contributed by atoms with Gasteiger partial charge in [-0.15, -0.1) is 0 Å². The smallest absolute Gasteiger partial charge is 0.302 e. The lowest BCUT2D eigenvalue weighted by Gasteiger charge is -2.42. The van der Waals surface area contributed by atoms with Crippen molar-refractivity contribution in [3.63, 3.8) is 0 Å². The highest BCUT2D eigenvalue weighted by molar-refractivity contribution is 5.65. The summed E-state index contributed by atoms with van der Waals surface area (Å²) in [6.45, 7) is 0.717. The van der Waals surface area contributed by atoms with Gasteiger partial charge < -0.3 is 19.7 Å². The molecule has 0 aromatic heterocycles. The van der Waals surface area contributed by atoms with Crippen molar-refractivity contribution in [1.82, 2.24) is 0 Å². The summed E-state index contributed by atoms with van der Waals surface area (Å²) < 4.78 is 3.92. The van der Waals surface area contributed by atoms with Gasteiger partial charge in [0.15, 0.2) is 0 Å². The second-order valence-electron chi connectivity index (χ2n) is 4.65. The predicted molar refractivity (Wildman–Crippen MR) is 73.9 cm³/mol. The number of nitro benzene ring substituents is 1. The number of nitro groups is 1. The Morgan fingerprint density at radius 2 is 2.14 bits per heavy atom. The summed E-state index contributed by atoms with van der Waals surface area (Å²) in [5.74, 6) is -0.485. The van der Waals surface area contributed by atoms with Crippen LogP contribution >= 0.6 is 0 Å². The second kappa shape index (κ2) is 7.67. The Morgan fingerprint density at radius 3 is 2.71 bits per heavy atom. The molecule has 0 saturated carbocycles. The molecule has 1 atom stereocenters.